The molecule has 7 rings (SSSR count). The first-order valence-electron chi connectivity index (χ1n) is 11.4. The topological polar surface area (TPSA) is 0 Å². The lowest BCUT2D eigenvalue weighted by atomic mass is 9.80. The van der Waals surface area contributed by atoms with Crippen molar-refractivity contribution in [3.8, 4) is 22.3 Å². The van der Waals surface area contributed by atoms with E-state index in [4.69, 9.17) is 0 Å². The van der Waals surface area contributed by atoms with Gasteiger partial charge in [0.25, 0.3) is 0 Å². The third-order valence-electron chi connectivity index (χ3n) is 7.25. The predicted octanol–water partition coefficient (Wildman–Crippen LogP) is 8.01. The molecule has 2 unspecified atom stereocenters. The average molecular weight is 407 g/mol. The Balaban J connectivity index is 1.58. The molecule has 5 aromatic rings. The number of hydrogen-bond donors (Lipinski definition) is 0. The molecule has 5 aromatic carbocycles. The maximum Gasteiger partial charge on any atom is 0.0355 e. The Morgan fingerprint density at radius 3 is 1.12 bits per heavy atom. The van der Waals surface area contributed by atoms with Crippen LogP contribution in [0.2, 0.25) is 0 Å². The van der Waals surface area contributed by atoms with Crippen molar-refractivity contribution < 1.29 is 0 Å². The summed E-state index contributed by atoms with van der Waals surface area (Å²) in [5.41, 5.74) is 14.1. The van der Waals surface area contributed by atoms with E-state index >= 15 is 0 Å². The van der Waals surface area contributed by atoms with Crippen molar-refractivity contribution in [3.05, 3.63) is 155 Å². The molecule has 0 saturated carbocycles. The molecular weight excluding hydrogens is 384 g/mol. The highest BCUT2D eigenvalue weighted by atomic mass is 14.4. The highest BCUT2D eigenvalue weighted by Crippen LogP contribution is 2.57. The van der Waals surface area contributed by atoms with Crippen molar-refractivity contribution in [2.45, 2.75) is 11.8 Å². The Morgan fingerprint density at radius 2 is 0.688 bits per heavy atom. The van der Waals surface area contributed by atoms with E-state index in [9.17, 15) is 0 Å². The molecule has 0 nitrogen and oxygen atoms in total. The van der Waals surface area contributed by atoms with E-state index in [1.807, 2.05) is 0 Å². The first-order chi connectivity index (χ1) is 15.9. The van der Waals surface area contributed by atoms with E-state index in [1.165, 1.54) is 55.6 Å². The van der Waals surface area contributed by atoms with Crippen LogP contribution in [-0.4, -0.2) is 0 Å². The molecule has 0 bridgehead atoms. The number of fused-ring (bicyclic) bond motifs is 7. The Labute approximate surface area is 188 Å². The minimum absolute atomic E-state index is 0.262. The SMILES string of the molecule is c1ccc(C2c3ccccc3-c3ccc4c(c32)C(c2ccccc2)c2ccccc2-4)cc1. The van der Waals surface area contributed by atoms with Gasteiger partial charge in [-0.15, -0.1) is 0 Å². The van der Waals surface area contributed by atoms with E-state index in [2.05, 4.69) is 121 Å². The summed E-state index contributed by atoms with van der Waals surface area (Å²) < 4.78 is 0. The minimum atomic E-state index is 0.262. The van der Waals surface area contributed by atoms with E-state index in [0.717, 1.165) is 0 Å². The smallest absolute Gasteiger partial charge is 0.0355 e. The highest BCUT2D eigenvalue weighted by Gasteiger charge is 2.39. The van der Waals surface area contributed by atoms with Gasteiger partial charge < -0.3 is 0 Å². The predicted molar refractivity (Wildman–Crippen MR) is 132 cm³/mol. The molecule has 32 heavy (non-hydrogen) atoms. The van der Waals surface area contributed by atoms with Crippen LogP contribution in [0, 0.1) is 0 Å². The molecule has 0 aliphatic heterocycles. The van der Waals surface area contributed by atoms with Crippen LogP contribution in [0.25, 0.3) is 22.3 Å². The van der Waals surface area contributed by atoms with E-state index in [1.54, 1.807) is 0 Å². The van der Waals surface area contributed by atoms with Crippen LogP contribution in [0.4, 0.5) is 0 Å². The standard InChI is InChI=1S/C32H22/c1-3-11-21(12-4-1)29-25-17-9-7-15-23(25)27-19-20-28-24-16-8-10-18-26(24)30(32(28)31(27)29)22-13-5-2-6-14-22/h1-20,29-30H. The van der Waals surface area contributed by atoms with Gasteiger partial charge in [-0.1, -0.05) is 121 Å². The molecule has 0 amide bonds. The van der Waals surface area contributed by atoms with Gasteiger partial charge in [0.1, 0.15) is 0 Å². The van der Waals surface area contributed by atoms with E-state index in [0.29, 0.717) is 0 Å². The van der Waals surface area contributed by atoms with Crippen molar-refractivity contribution >= 4 is 0 Å². The first-order valence-corrected chi connectivity index (χ1v) is 11.4. The zero-order valence-corrected chi connectivity index (χ0v) is 17.7. The maximum absolute atomic E-state index is 2.36. The Morgan fingerprint density at radius 1 is 0.312 bits per heavy atom. The van der Waals surface area contributed by atoms with Crippen LogP contribution in [0.1, 0.15) is 45.2 Å². The van der Waals surface area contributed by atoms with Gasteiger partial charge >= 0.3 is 0 Å². The Bertz CT molecular complexity index is 1350. The number of rotatable bonds is 2. The van der Waals surface area contributed by atoms with Gasteiger partial charge in [-0.25, -0.2) is 0 Å². The van der Waals surface area contributed by atoms with Crippen molar-refractivity contribution in [2.24, 2.45) is 0 Å². The lowest BCUT2D eigenvalue weighted by Crippen LogP contribution is -2.07. The summed E-state index contributed by atoms with van der Waals surface area (Å²) >= 11 is 0. The summed E-state index contributed by atoms with van der Waals surface area (Å²) in [4.78, 5) is 0. The highest BCUT2D eigenvalue weighted by molar-refractivity contribution is 5.91. The minimum Gasteiger partial charge on any atom is -0.0622 e. The lowest BCUT2D eigenvalue weighted by Gasteiger charge is -2.22. The van der Waals surface area contributed by atoms with Gasteiger partial charge in [0.2, 0.25) is 0 Å². The van der Waals surface area contributed by atoms with Crippen LogP contribution in [-0.2, 0) is 0 Å². The summed E-state index contributed by atoms with van der Waals surface area (Å²) in [6.45, 7) is 0. The first kappa shape index (κ1) is 17.7. The second-order valence-electron chi connectivity index (χ2n) is 8.85. The van der Waals surface area contributed by atoms with Gasteiger partial charge in [-0.05, 0) is 55.6 Å². The van der Waals surface area contributed by atoms with Gasteiger partial charge in [-0.3, -0.25) is 0 Å². The second kappa shape index (κ2) is 6.80. The molecule has 2 aliphatic carbocycles. The van der Waals surface area contributed by atoms with Crippen LogP contribution in [0.15, 0.2) is 121 Å². The van der Waals surface area contributed by atoms with Gasteiger partial charge in [-0.2, -0.15) is 0 Å². The molecular formula is C32H22. The fraction of sp³-hybridized carbons (Fsp3) is 0.0625. The van der Waals surface area contributed by atoms with Crippen molar-refractivity contribution in [1.82, 2.24) is 0 Å². The zero-order valence-electron chi connectivity index (χ0n) is 17.7. The zero-order chi connectivity index (χ0) is 21.1. The molecule has 150 valence electrons. The second-order valence-corrected chi connectivity index (χ2v) is 8.85. The molecule has 0 heterocycles. The van der Waals surface area contributed by atoms with Crippen molar-refractivity contribution in [2.75, 3.05) is 0 Å². The molecule has 0 fully saturated rings. The molecule has 2 aliphatic rings. The van der Waals surface area contributed by atoms with E-state index < -0.39 is 0 Å². The molecule has 0 aromatic heterocycles. The Kier molecular flexibility index (Phi) is 3.77. The van der Waals surface area contributed by atoms with Crippen LogP contribution in [0.3, 0.4) is 0 Å². The van der Waals surface area contributed by atoms with Crippen molar-refractivity contribution in [3.63, 3.8) is 0 Å². The maximum atomic E-state index is 2.36. The molecule has 0 saturated heterocycles. The fourth-order valence-corrected chi connectivity index (χ4v) is 6.01. The molecule has 2 atom stereocenters. The largest absolute Gasteiger partial charge is 0.0622 e. The fourth-order valence-electron chi connectivity index (χ4n) is 6.01. The molecule has 0 spiro atoms. The summed E-state index contributed by atoms with van der Waals surface area (Å²) in [5, 5.41) is 0. The number of hydrogen-bond acceptors (Lipinski definition) is 0. The normalized spacial score (nSPS) is 17.4. The third-order valence-corrected chi connectivity index (χ3v) is 7.25. The summed E-state index contributed by atoms with van der Waals surface area (Å²) in [6.07, 6.45) is 0. The van der Waals surface area contributed by atoms with Crippen LogP contribution in [0.5, 0.6) is 0 Å². The molecule has 0 heteroatoms. The quantitative estimate of drug-likeness (QED) is 0.273. The van der Waals surface area contributed by atoms with Gasteiger partial charge in [0, 0.05) is 11.8 Å². The van der Waals surface area contributed by atoms with Gasteiger partial charge in [0.15, 0.2) is 0 Å². The lowest BCUT2D eigenvalue weighted by molar-refractivity contribution is 0.938. The monoisotopic (exact) mass is 406 g/mol. The summed E-state index contributed by atoms with van der Waals surface area (Å²) in [5.74, 6) is 0.524. The van der Waals surface area contributed by atoms with E-state index in [-0.39, 0.29) is 11.8 Å². The average Bonchev–Trinajstić information content (AvgIpc) is 3.38. The third kappa shape index (κ3) is 2.38. The summed E-state index contributed by atoms with van der Waals surface area (Å²) in [6, 6.07) is 44.7. The number of benzene rings is 5. The molecule has 0 radical (unpaired) electrons. The van der Waals surface area contributed by atoms with Crippen molar-refractivity contribution in [1.29, 1.82) is 0 Å². The molecule has 0 N–H and O–H groups in total. The van der Waals surface area contributed by atoms with Crippen LogP contribution >= 0.6 is 0 Å². The van der Waals surface area contributed by atoms with Gasteiger partial charge in [0.05, 0.1) is 0 Å². The van der Waals surface area contributed by atoms with Crippen LogP contribution < -0.4 is 0 Å². The Hall–Kier alpha value is -3.90. The summed E-state index contributed by atoms with van der Waals surface area (Å²) in [7, 11) is 0.